The summed E-state index contributed by atoms with van der Waals surface area (Å²) in [5, 5.41) is 18.9. The normalized spacial score (nSPS) is 39.2. The molecule has 2 aliphatic heterocycles. The molecule has 2 aliphatic rings. The topological polar surface area (TPSA) is 84.5 Å². The van der Waals surface area contributed by atoms with Crippen LogP contribution in [0.15, 0.2) is 0 Å². The van der Waals surface area contributed by atoms with Gasteiger partial charge in [0.2, 0.25) is 0 Å². The van der Waals surface area contributed by atoms with Crippen molar-refractivity contribution in [1.29, 1.82) is 10.5 Å². The van der Waals surface area contributed by atoms with Crippen LogP contribution >= 0.6 is 11.6 Å². The Balaban J connectivity index is 2.18. The van der Waals surface area contributed by atoms with Crippen molar-refractivity contribution in [2.45, 2.75) is 82.4 Å². The van der Waals surface area contributed by atoms with E-state index in [0.29, 0.717) is 19.3 Å². The van der Waals surface area contributed by atoms with Gasteiger partial charge in [0.05, 0.1) is 24.3 Å². The SMILES string of the molecule is CC1(C)OC(C#N)CC(CC2(C#N)CC(CCl)OC(C)(C)O2)O1. The molecule has 2 heterocycles. The minimum Gasteiger partial charge on any atom is -0.347 e. The summed E-state index contributed by atoms with van der Waals surface area (Å²) in [6, 6.07) is 4.40. The van der Waals surface area contributed by atoms with Gasteiger partial charge in [-0.2, -0.15) is 10.5 Å². The van der Waals surface area contributed by atoms with Crippen molar-refractivity contribution in [2.24, 2.45) is 0 Å². The fraction of sp³-hybridized carbons (Fsp3) is 0.875. The van der Waals surface area contributed by atoms with E-state index >= 15 is 0 Å². The molecule has 0 radical (unpaired) electrons. The van der Waals surface area contributed by atoms with Gasteiger partial charge in [-0.05, 0) is 27.7 Å². The van der Waals surface area contributed by atoms with E-state index in [-0.39, 0.29) is 18.1 Å². The smallest absolute Gasteiger partial charge is 0.165 e. The molecular weight excluding hydrogens is 320 g/mol. The second kappa shape index (κ2) is 6.55. The van der Waals surface area contributed by atoms with Gasteiger partial charge in [-0.25, -0.2) is 0 Å². The van der Waals surface area contributed by atoms with Crippen LogP contribution in [0.25, 0.3) is 0 Å². The van der Waals surface area contributed by atoms with Gasteiger partial charge in [-0.15, -0.1) is 11.6 Å². The van der Waals surface area contributed by atoms with E-state index in [1.807, 2.05) is 0 Å². The van der Waals surface area contributed by atoms with Gasteiger partial charge in [0, 0.05) is 25.1 Å². The molecule has 2 fully saturated rings. The molecule has 0 saturated carbocycles. The van der Waals surface area contributed by atoms with Gasteiger partial charge in [0.1, 0.15) is 6.10 Å². The van der Waals surface area contributed by atoms with Crippen molar-refractivity contribution in [3.8, 4) is 12.1 Å². The maximum atomic E-state index is 9.75. The van der Waals surface area contributed by atoms with E-state index < -0.39 is 23.3 Å². The minimum absolute atomic E-state index is 0.264. The highest BCUT2D eigenvalue weighted by molar-refractivity contribution is 6.18. The number of hydrogen-bond donors (Lipinski definition) is 0. The first-order chi connectivity index (χ1) is 10.6. The van der Waals surface area contributed by atoms with Crippen molar-refractivity contribution >= 4 is 11.6 Å². The van der Waals surface area contributed by atoms with Gasteiger partial charge in [0.25, 0.3) is 0 Å². The van der Waals surface area contributed by atoms with Crippen molar-refractivity contribution in [1.82, 2.24) is 0 Å². The largest absolute Gasteiger partial charge is 0.347 e. The Kier molecular flexibility index (Phi) is 5.25. The molecule has 23 heavy (non-hydrogen) atoms. The average molecular weight is 343 g/mol. The van der Waals surface area contributed by atoms with Crippen LogP contribution in [0.3, 0.4) is 0 Å². The summed E-state index contributed by atoms with van der Waals surface area (Å²) in [5.41, 5.74) is -1.06. The number of halogens is 1. The lowest BCUT2D eigenvalue weighted by Gasteiger charge is -2.47. The number of nitriles is 2. The molecule has 0 aromatic carbocycles. The molecule has 4 unspecified atom stereocenters. The molecule has 7 heteroatoms. The predicted octanol–water partition coefficient (Wildman–Crippen LogP) is 2.85. The van der Waals surface area contributed by atoms with Gasteiger partial charge in [-0.3, -0.25) is 0 Å². The summed E-state index contributed by atoms with van der Waals surface area (Å²) in [6.45, 7) is 7.06. The first kappa shape index (κ1) is 18.4. The third-order valence-corrected chi connectivity index (χ3v) is 4.22. The molecule has 0 amide bonds. The predicted molar refractivity (Wildman–Crippen MR) is 82.4 cm³/mol. The van der Waals surface area contributed by atoms with Gasteiger partial charge < -0.3 is 18.9 Å². The number of hydrogen-bond acceptors (Lipinski definition) is 6. The summed E-state index contributed by atoms with van der Waals surface area (Å²) in [7, 11) is 0. The fourth-order valence-corrected chi connectivity index (χ4v) is 3.52. The molecule has 0 aromatic heterocycles. The molecule has 4 atom stereocenters. The van der Waals surface area contributed by atoms with Gasteiger partial charge >= 0.3 is 0 Å². The van der Waals surface area contributed by atoms with Crippen molar-refractivity contribution in [3.63, 3.8) is 0 Å². The molecule has 0 aliphatic carbocycles. The van der Waals surface area contributed by atoms with E-state index in [4.69, 9.17) is 35.8 Å². The summed E-state index contributed by atoms with van der Waals surface area (Å²) in [5.74, 6) is -1.48. The number of rotatable bonds is 3. The van der Waals surface area contributed by atoms with Crippen LogP contribution in [0.4, 0.5) is 0 Å². The minimum atomic E-state index is -1.06. The maximum Gasteiger partial charge on any atom is 0.165 e. The third-order valence-electron chi connectivity index (χ3n) is 3.88. The third kappa shape index (κ3) is 4.56. The molecule has 6 nitrogen and oxygen atoms in total. The lowest BCUT2D eigenvalue weighted by atomic mass is 9.87. The molecule has 2 saturated heterocycles. The van der Waals surface area contributed by atoms with Gasteiger partial charge in [0.15, 0.2) is 17.2 Å². The van der Waals surface area contributed by atoms with Gasteiger partial charge in [-0.1, -0.05) is 0 Å². The van der Waals surface area contributed by atoms with Crippen LogP contribution in [0.5, 0.6) is 0 Å². The zero-order chi connectivity index (χ0) is 17.3. The zero-order valence-corrected chi connectivity index (χ0v) is 14.7. The van der Waals surface area contributed by atoms with Crippen LogP contribution in [0.2, 0.25) is 0 Å². The average Bonchev–Trinajstić information content (AvgIpc) is 2.43. The van der Waals surface area contributed by atoms with Crippen LogP contribution in [0.1, 0.15) is 47.0 Å². The maximum absolute atomic E-state index is 9.75. The zero-order valence-electron chi connectivity index (χ0n) is 14.0. The summed E-state index contributed by atoms with van der Waals surface area (Å²) < 4.78 is 23.1. The molecular formula is C16H23ClN2O4. The Bertz CT molecular complexity index is 525. The lowest BCUT2D eigenvalue weighted by molar-refractivity contribution is -0.334. The van der Waals surface area contributed by atoms with Crippen LogP contribution in [0, 0.1) is 22.7 Å². The summed E-state index contributed by atoms with van der Waals surface area (Å²) in [6.07, 6.45) is -0.0213. The second-order valence-electron chi connectivity index (χ2n) is 7.02. The van der Waals surface area contributed by atoms with Crippen LogP contribution in [-0.2, 0) is 18.9 Å². The van der Waals surface area contributed by atoms with E-state index in [9.17, 15) is 5.26 Å². The second-order valence-corrected chi connectivity index (χ2v) is 7.33. The van der Waals surface area contributed by atoms with E-state index in [1.54, 1.807) is 27.7 Å². The highest BCUT2D eigenvalue weighted by Crippen LogP contribution is 2.40. The van der Waals surface area contributed by atoms with E-state index in [1.165, 1.54) is 0 Å². The summed E-state index contributed by atoms with van der Waals surface area (Å²) in [4.78, 5) is 0. The van der Waals surface area contributed by atoms with Crippen molar-refractivity contribution in [3.05, 3.63) is 0 Å². The van der Waals surface area contributed by atoms with Crippen LogP contribution < -0.4 is 0 Å². The Morgan fingerprint density at radius 2 is 1.70 bits per heavy atom. The monoisotopic (exact) mass is 342 g/mol. The number of nitrogens with zero attached hydrogens (tertiary/aromatic N) is 2. The Labute approximate surface area is 142 Å². The quantitative estimate of drug-likeness (QED) is 0.733. The Morgan fingerprint density at radius 3 is 2.26 bits per heavy atom. The molecule has 0 aromatic rings. The van der Waals surface area contributed by atoms with Crippen molar-refractivity contribution < 1.29 is 18.9 Å². The standard InChI is InChI=1S/C16H23ClN2O4/c1-14(2)20-11(5-12(9-18)21-14)6-16(10-19)7-13(8-17)22-15(3,4)23-16/h11-13H,5-8H2,1-4H3. The molecule has 0 N–H and O–H groups in total. The number of ether oxygens (including phenoxy) is 4. The van der Waals surface area contributed by atoms with Crippen molar-refractivity contribution in [2.75, 3.05) is 5.88 Å². The highest BCUT2D eigenvalue weighted by atomic mass is 35.5. The fourth-order valence-electron chi connectivity index (χ4n) is 3.35. The molecule has 0 bridgehead atoms. The van der Waals surface area contributed by atoms with E-state index in [2.05, 4.69) is 12.1 Å². The van der Waals surface area contributed by atoms with E-state index in [0.717, 1.165) is 0 Å². The number of alkyl halides is 1. The molecule has 128 valence electrons. The Morgan fingerprint density at radius 1 is 1.04 bits per heavy atom. The lowest BCUT2D eigenvalue weighted by Crippen LogP contribution is -2.55. The molecule has 2 rings (SSSR count). The van der Waals surface area contributed by atoms with Crippen LogP contribution in [-0.4, -0.2) is 41.4 Å². The molecule has 0 spiro atoms. The first-order valence-corrected chi connectivity index (χ1v) is 8.26. The first-order valence-electron chi connectivity index (χ1n) is 7.73. The highest BCUT2D eigenvalue weighted by Gasteiger charge is 2.49. The Hall–Kier alpha value is -0.890. The summed E-state index contributed by atoms with van der Waals surface area (Å²) >= 11 is 5.94.